The van der Waals surface area contributed by atoms with Crippen LogP contribution in [0.25, 0.3) is 0 Å². The molecule has 2 rings (SSSR count). The van der Waals surface area contributed by atoms with Gasteiger partial charge in [0.25, 0.3) is 0 Å². The molecule has 0 radical (unpaired) electrons. The molecule has 0 aromatic carbocycles. The van der Waals surface area contributed by atoms with Crippen molar-refractivity contribution in [3.63, 3.8) is 0 Å². The van der Waals surface area contributed by atoms with Gasteiger partial charge in [-0.2, -0.15) is 0 Å². The first-order chi connectivity index (χ1) is 7.65. The SMILES string of the molecule is Cc1ccncc1N(C)C(=O)[C@@H]1C[C@H]1CF. The summed E-state index contributed by atoms with van der Waals surface area (Å²) in [5, 5.41) is 0. The summed E-state index contributed by atoms with van der Waals surface area (Å²) in [6.45, 7) is 1.54. The number of carbonyl (C=O) groups is 1. The van der Waals surface area contributed by atoms with E-state index in [4.69, 9.17) is 0 Å². The van der Waals surface area contributed by atoms with Gasteiger partial charge in [-0.1, -0.05) is 0 Å². The van der Waals surface area contributed by atoms with Gasteiger partial charge in [0.15, 0.2) is 0 Å². The van der Waals surface area contributed by atoms with E-state index >= 15 is 0 Å². The zero-order valence-electron chi connectivity index (χ0n) is 9.48. The first-order valence-corrected chi connectivity index (χ1v) is 5.39. The van der Waals surface area contributed by atoms with E-state index in [1.54, 1.807) is 24.3 Å². The second-order valence-corrected chi connectivity index (χ2v) is 4.32. The van der Waals surface area contributed by atoms with Crippen LogP contribution in [0.1, 0.15) is 12.0 Å². The normalized spacial score (nSPS) is 22.9. The number of hydrogen-bond acceptors (Lipinski definition) is 2. The lowest BCUT2D eigenvalue weighted by Crippen LogP contribution is -2.29. The highest BCUT2D eigenvalue weighted by molar-refractivity contribution is 5.96. The molecule has 1 saturated carbocycles. The fraction of sp³-hybridized carbons (Fsp3) is 0.500. The number of halogens is 1. The summed E-state index contributed by atoms with van der Waals surface area (Å²) in [6.07, 6.45) is 4.04. The van der Waals surface area contributed by atoms with E-state index in [1.807, 2.05) is 13.0 Å². The summed E-state index contributed by atoms with van der Waals surface area (Å²) >= 11 is 0. The molecule has 0 aliphatic heterocycles. The number of alkyl halides is 1. The minimum atomic E-state index is -0.393. The number of hydrogen-bond donors (Lipinski definition) is 0. The molecule has 0 unspecified atom stereocenters. The molecule has 1 heterocycles. The monoisotopic (exact) mass is 222 g/mol. The van der Waals surface area contributed by atoms with E-state index in [0.717, 1.165) is 11.3 Å². The van der Waals surface area contributed by atoms with E-state index in [1.165, 1.54) is 0 Å². The quantitative estimate of drug-likeness (QED) is 0.783. The van der Waals surface area contributed by atoms with Crippen LogP contribution in [-0.2, 0) is 4.79 Å². The maximum atomic E-state index is 12.4. The second kappa shape index (κ2) is 4.20. The molecule has 1 aliphatic rings. The summed E-state index contributed by atoms with van der Waals surface area (Å²) < 4.78 is 12.4. The molecule has 1 fully saturated rings. The second-order valence-electron chi connectivity index (χ2n) is 4.32. The van der Waals surface area contributed by atoms with Gasteiger partial charge in [0.05, 0.1) is 18.6 Å². The largest absolute Gasteiger partial charge is 0.313 e. The number of aryl methyl sites for hydroxylation is 1. The molecule has 1 aromatic rings. The Bertz CT molecular complexity index is 408. The van der Waals surface area contributed by atoms with Crippen LogP contribution in [0.4, 0.5) is 10.1 Å². The van der Waals surface area contributed by atoms with Gasteiger partial charge in [-0.05, 0) is 30.9 Å². The lowest BCUT2D eigenvalue weighted by atomic mass is 10.2. The van der Waals surface area contributed by atoms with Crippen molar-refractivity contribution < 1.29 is 9.18 Å². The van der Waals surface area contributed by atoms with E-state index in [9.17, 15) is 9.18 Å². The zero-order chi connectivity index (χ0) is 11.7. The molecule has 0 N–H and O–H groups in total. The summed E-state index contributed by atoms with van der Waals surface area (Å²) in [4.78, 5) is 17.5. The average Bonchev–Trinajstić information content (AvgIpc) is 3.07. The molecule has 1 amide bonds. The molecule has 1 aromatic heterocycles. The van der Waals surface area contributed by atoms with Crippen LogP contribution in [-0.4, -0.2) is 24.6 Å². The number of rotatable bonds is 3. The van der Waals surface area contributed by atoms with Crippen molar-refractivity contribution in [1.82, 2.24) is 4.98 Å². The number of pyridine rings is 1. The first-order valence-electron chi connectivity index (χ1n) is 5.39. The van der Waals surface area contributed by atoms with Crippen molar-refractivity contribution in [1.29, 1.82) is 0 Å². The summed E-state index contributed by atoms with van der Waals surface area (Å²) in [5.41, 5.74) is 1.81. The van der Waals surface area contributed by atoms with Crippen LogP contribution in [0.15, 0.2) is 18.5 Å². The van der Waals surface area contributed by atoms with Crippen molar-refractivity contribution in [2.45, 2.75) is 13.3 Å². The van der Waals surface area contributed by atoms with E-state index in [2.05, 4.69) is 4.98 Å². The van der Waals surface area contributed by atoms with Gasteiger partial charge in [-0.15, -0.1) is 0 Å². The van der Waals surface area contributed by atoms with Crippen LogP contribution in [0.5, 0.6) is 0 Å². The molecule has 0 saturated heterocycles. The van der Waals surface area contributed by atoms with Crippen molar-refractivity contribution in [3.8, 4) is 0 Å². The Labute approximate surface area is 94.3 Å². The standard InChI is InChI=1S/C12H15FN2O/c1-8-3-4-14-7-11(8)15(2)12(16)10-5-9(10)6-13/h3-4,7,9-10H,5-6H2,1-2H3/t9-,10+/m0/s1. The summed E-state index contributed by atoms with van der Waals surface area (Å²) in [6, 6.07) is 1.86. The van der Waals surface area contributed by atoms with Crippen LogP contribution < -0.4 is 4.90 Å². The third-order valence-corrected chi connectivity index (χ3v) is 3.14. The van der Waals surface area contributed by atoms with Crippen LogP contribution in [0, 0.1) is 18.8 Å². The Morgan fingerprint density at radius 2 is 2.44 bits per heavy atom. The van der Waals surface area contributed by atoms with Crippen molar-refractivity contribution in [3.05, 3.63) is 24.0 Å². The fourth-order valence-corrected chi connectivity index (χ4v) is 1.89. The fourth-order valence-electron chi connectivity index (χ4n) is 1.89. The highest BCUT2D eigenvalue weighted by Crippen LogP contribution is 2.40. The Morgan fingerprint density at radius 3 is 3.00 bits per heavy atom. The maximum Gasteiger partial charge on any atom is 0.230 e. The third kappa shape index (κ3) is 1.92. The van der Waals surface area contributed by atoms with E-state index < -0.39 is 6.67 Å². The van der Waals surface area contributed by atoms with Crippen LogP contribution in [0.2, 0.25) is 0 Å². The number of nitrogens with zero attached hydrogens (tertiary/aromatic N) is 2. The highest BCUT2D eigenvalue weighted by atomic mass is 19.1. The third-order valence-electron chi connectivity index (χ3n) is 3.14. The summed E-state index contributed by atoms with van der Waals surface area (Å²) in [5.74, 6) is -0.194. The molecule has 4 heteroatoms. The minimum absolute atomic E-state index is 0.00116. The van der Waals surface area contributed by atoms with Gasteiger partial charge in [-0.3, -0.25) is 14.2 Å². The van der Waals surface area contributed by atoms with Gasteiger partial charge in [0, 0.05) is 19.2 Å². The Hall–Kier alpha value is -1.45. The van der Waals surface area contributed by atoms with Gasteiger partial charge < -0.3 is 4.90 Å². The molecule has 2 atom stereocenters. The summed E-state index contributed by atoms with van der Waals surface area (Å²) in [7, 11) is 1.72. The maximum absolute atomic E-state index is 12.4. The van der Waals surface area contributed by atoms with Crippen molar-refractivity contribution in [2.75, 3.05) is 18.6 Å². The lowest BCUT2D eigenvalue weighted by Gasteiger charge is -2.18. The molecular weight excluding hydrogens is 207 g/mol. The Balaban J connectivity index is 2.11. The molecule has 86 valence electrons. The van der Waals surface area contributed by atoms with Gasteiger partial charge in [-0.25, -0.2) is 0 Å². The number of carbonyl (C=O) groups excluding carboxylic acids is 1. The predicted octanol–water partition coefficient (Wildman–Crippen LogP) is 1.96. The van der Waals surface area contributed by atoms with Crippen molar-refractivity contribution in [2.24, 2.45) is 11.8 Å². The smallest absolute Gasteiger partial charge is 0.230 e. The molecular formula is C12H15FN2O. The lowest BCUT2D eigenvalue weighted by molar-refractivity contribution is -0.119. The van der Waals surface area contributed by atoms with Crippen LogP contribution >= 0.6 is 0 Å². The highest BCUT2D eigenvalue weighted by Gasteiger charge is 2.44. The minimum Gasteiger partial charge on any atom is -0.313 e. The number of amides is 1. The van der Waals surface area contributed by atoms with Crippen LogP contribution in [0.3, 0.4) is 0 Å². The molecule has 1 aliphatic carbocycles. The topological polar surface area (TPSA) is 33.2 Å². The number of aromatic nitrogens is 1. The molecule has 3 nitrogen and oxygen atoms in total. The van der Waals surface area contributed by atoms with E-state index in [0.29, 0.717) is 6.42 Å². The average molecular weight is 222 g/mol. The van der Waals surface area contributed by atoms with Gasteiger partial charge in [0.2, 0.25) is 5.91 Å². The first kappa shape index (κ1) is 11.0. The van der Waals surface area contributed by atoms with Gasteiger partial charge >= 0.3 is 0 Å². The predicted molar refractivity (Wildman–Crippen MR) is 60.0 cm³/mol. The Morgan fingerprint density at radius 1 is 1.69 bits per heavy atom. The Kier molecular flexibility index (Phi) is 2.90. The molecule has 0 spiro atoms. The molecule has 0 bridgehead atoms. The zero-order valence-corrected chi connectivity index (χ0v) is 9.48. The van der Waals surface area contributed by atoms with Gasteiger partial charge in [0.1, 0.15) is 0 Å². The number of anilines is 1. The van der Waals surface area contributed by atoms with Crippen molar-refractivity contribution >= 4 is 11.6 Å². The molecule has 16 heavy (non-hydrogen) atoms. The van der Waals surface area contributed by atoms with E-state index in [-0.39, 0.29) is 17.7 Å².